The van der Waals surface area contributed by atoms with Gasteiger partial charge in [0.25, 0.3) is 0 Å². The van der Waals surface area contributed by atoms with Crippen LogP contribution in [0.4, 0.5) is 4.79 Å². The van der Waals surface area contributed by atoms with Crippen LogP contribution < -0.4 is 10.6 Å². The molecule has 1 fully saturated rings. The second kappa shape index (κ2) is 12.3. The van der Waals surface area contributed by atoms with E-state index in [4.69, 9.17) is 4.74 Å². The predicted octanol–water partition coefficient (Wildman–Crippen LogP) is 4.16. The number of nitrogens with zero attached hydrogens (tertiary/aromatic N) is 1. The second-order valence-corrected chi connectivity index (χ2v) is 9.98. The molecule has 2 rings (SSSR count). The molecule has 0 radical (unpaired) electrons. The average molecular weight is 478 g/mol. The minimum absolute atomic E-state index is 0.0497. The van der Waals surface area contributed by atoms with Crippen molar-refractivity contribution in [3.8, 4) is 0 Å². The first kappa shape index (κ1) is 27.0. The summed E-state index contributed by atoms with van der Waals surface area (Å²) in [5.74, 6) is -0.425. The van der Waals surface area contributed by atoms with Crippen LogP contribution in [0.2, 0.25) is 0 Å². The van der Waals surface area contributed by atoms with Crippen LogP contribution in [-0.2, 0) is 14.3 Å². The average Bonchev–Trinajstić information content (AvgIpc) is 3.57. The Labute approximate surface area is 203 Å². The van der Waals surface area contributed by atoms with Crippen molar-refractivity contribution in [2.45, 2.75) is 90.4 Å². The molecule has 2 N–H and O–H groups in total. The van der Waals surface area contributed by atoms with E-state index in [0.717, 1.165) is 43.2 Å². The number of thiol groups is 1. The summed E-state index contributed by atoms with van der Waals surface area (Å²) in [6, 6.07) is 5.91. The van der Waals surface area contributed by atoms with E-state index in [1.165, 1.54) is 0 Å². The third-order valence-corrected chi connectivity index (χ3v) is 5.82. The van der Waals surface area contributed by atoms with E-state index in [2.05, 4.69) is 30.2 Å². The highest BCUT2D eigenvalue weighted by molar-refractivity contribution is 7.80. The molecule has 1 aliphatic carbocycles. The topological polar surface area (TPSA) is 87.7 Å². The van der Waals surface area contributed by atoms with E-state index >= 15 is 0 Å². The number of nitrogens with one attached hydrogen (secondary N) is 2. The number of rotatable bonds is 11. The first-order valence-electron chi connectivity index (χ1n) is 11.8. The second-order valence-electron chi connectivity index (χ2n) is 9.62. The fourth-order valence-electron chi connectivity index (χ4n) is 3.68. The van der Waals surface area contributed by atoms with Gasteiger partial charge in [-0.1, -0.05) is 44.0 Å². The van der Waals surface area contributed by atoms with Gasteiger partial charge < -0.3 is 20.3 Å². The first-order valence-corrected chi connectivity index (χ1v) is 12.5. The summed E-state index contributed by atoms with van der Waals surface area (Å²) in [6.07, 6.45) is 3.94. The lowest BCUT2D eigenvalue weighted by Crippen LogP contribution is -2.54. The maximum Gasteiger partial charge on any atom is 0.408 e. The van der Waals surface area contributed by atoms with Crippen LogP contribution >= 0.6 is 12.6 Å². The van der Waals surface area contributed by atoms with Crippen LogP contribution in [0.3, 0.4) is 0 Å². The highest BCUT2D eigenvalue weighted by atomic mass is 32.1. The summed E-state index contributed by atoms with van der Waals surface area (Å²) in [5, 5.41) is 5.67. The third kappa shape index (κ3) is 8.25. The van der Waals surface area contributed by atoms with Gasteiger partial charge in [-0.05, 0) is 58.1 Å². The van der Waals surface area contributed by atoms with Crippen LogP contribution in [0.1, 0.15) is 77.0 Å². The zero-order valence-corrected chi connectivity index (χ0v) is 21.4. The number of benzene rings is 1. The molecule has 7 nitrogen and oxygen atoms in total. The molecule has 0 spiro atoms. The third-order valence-electron chi connectivity index (χ3n) is 5.46. The molecule has 0 aromatic heterocycles. The molecule has 184 valence electrons. The highest BCUT2D eigenvalue weighted by Crippen LogP contribution is 2.36. The monoisotopic (exact) mass is 477 g/mol. The van der Waals surface area contributed by atoms with E-state index in [1.54, 1.807) is 25.7 Å². The Morgan fingerprint density at radius 3 is 2.39 bits per heavy atom. The highest BCUT2D eigenvalue weighted by Gasteiger charge is 2.44. The lowest BCUT2D eigenvalue weighted by Gasteiger charge is -2.35. The molecule has 0 heterocycles. The number of amides is 3. The Hall–Kier alpha value is -2.22. The number of aryl methyl sites for hydroxylation is 1. The Morgan fingerprint density at radius 2 is 1.85 bits per heavy atom. The van der Waals surface area contributed by atoms with Crippen molar-refractivity contribution < 1.29 is 19.1 Å². The zero-order chi connectivity index (χ0) is 24.6. The summed E-state index contributed by atoms with van der Waals surface area (Å²) < 4.78 is 5.33. The van der Waals surface area contributed by atoms with Crippen molar-refractivity contribution >= 4 is 30.5 Å². The van der Waals surface area contributed by atoms with Crippen LogP contribution in [-0.4, -0.2) is 52.8 Å². The van der Waals surface area contributed by atoms with Gasteiger partial charge in [0.15, 0.2) is 0 Å². The molecule has 0 bridgehead atoms. The molecule has 2 unspecified atom stereocenters. The van der Waals surface area contributed by atoms with Gasteiger partial charge >= 0.3 is 6.09 Å². The number of alkyl carbamates (subject to hydrolysis) is 1. The van der Waals surface area contributed by atoms with Crippen LogP contribution in [0.5, 0.6) is 0 Å². The molecular weight excluding hydrogens is 438 g/mol. The van der Waals surface area contributed by atoms with Crippen LogP contribution in [0, 0.1) is 6.92 Å². The fraction of sp³-hybridized carbons (Fsp3) is 0.640. The maximum atomic E-state index is 13.7. The largest absolute Gasteiger partial charge is 0.444 e. The fourth-order valence-corrected chi connectivity index (χ4v) is 3.93. The van der Waals surface area contributed by atoms with Crippen molar-refractivity contribution in [3.63, 3.8) is 0 Å². The lowest BCUT2D eigenvalue weighted by molar-refractivity contribution is -0.142. The van der Waals surface area contributed by atoms with E-state index in [1.807, 2.05) is 31.2 Å². The maximum absolute atomic E-state index is 13.7. The lowest BCUT2D eigenvalue weighted by atomic mass is 9.98. The molecule has 2 atom stereocenters. The number of ether oxygens (including phenoxy) is 1. The van der Waals surface area contributed by atoms with Gasteiger partial charge in [0.1, 0.15) is 17.7 Å². The Balaban J connectivity index is 2.32. The quantitative estimate of drug-likeness (QED) is 0.330. The molecule has 1 aromatic carbocycles. The summed E-state index contributed by atoms with van der Waals surface area (Å²) in [4.78, 5) is 41.1. The minimum Gasteiger partial charge on any atom is -0.444 e. The van der Waals surface area contributed by atoms with Crippen molar-refractivity contribution in [2.24, 2.45) is 0 Å². The van der Waals surface area contributed by atoms with Crippen molar-refractivity contribution in [2.75, 3.05) is 12.3 Å². The van der Waals surface area contributed by atoms with Gasteiger partial charge in [-0.2, -0.15) is 12.6 Å². The van der Waals surface area contributed by atoms with E-state index in [9.17, 15) is 14.4 Å². The molecule has 0 saturated heterocycles. The zero-order valence-electron chi connectivity index (χ0n) is 20.5. The number of carbonyl (C=O) groups excluding carboxylic acids is 3. The Morgan fingerprint density at radius 1 is 1.18 bits per heavy atom. The van der Waals surface area contributed by atoms with Gasteiger partial charge in [-0.15, -0.1) is 0 Å². The SMILES string of the molecule is CCCCCNC(=O)C(c1ccccc1C)N(C(=O)C(CS)NC(=O)OC(C)(C)C)C1CC1. The summed E-state index contributed by atoms with van der Waals surface area (Å²) in [7, 11) is 0. The van der Waals surface area contributed by atoms with E-state index in [0.29, 0.717) is 6.54 Å². The molecular formula is C25H39N3O4S. The Bertz CT molecular complexity index is 820. The summed E-state index contributed by atoms with van der Waals surface area (Å²) in [6.45, 7) is 9.90. The molecule has 3 amide bonds. The van der Waals surface area contributed by atoms with Gasteiger partial charge in [-0.3, -0.25) is 9.59 Å². The van der Waals surface area contributed by atoms with Gasteiger partial charge in [0.2, 0.25) is 11.8 Å². The van der Waals surface area contributed by atoms with Crippen LogP contribution in [0.25, 0.3) is 0 Å². The van der Waals surface area contributed by atoms with Gasteiger partial charge in [0.05, 0.1) is 0 Å². The summed E-state index contributed by atoms with van der Waals surface area (Å²) >= 11 is 4.31. The number of hydrogen-bond donors (Lipinski definition) is 3. The van der Waals surface area contributed by atoms with Crippen molar-refractivity contribution in [3.05, 3.63) is 35.4 Å². The predicted molar refractivity (Wildman–Crippen MR) is 133 cm³/mol. The molecule has 8 heteroatoms. The van der Waals surface area contributed by atoms with Crippen LogP contribution in [0.15, 0.2) is 24.3 Å². The standard InChI is InChI=1S/C25H39N3O4S/c1-6-7-10-15-26-22(29)21(19-12-9-8-11-17(19)2)28(18-13-14-18)23(30)20(16-33)27-24(31)32-25(3,4)5/h8-9,11-12,18,20-21,33H,6-7,10,13-16H2,1-5H3,(H,26,29)(H,27,31). The number of hydrogen-bond acceptors (Lipinski definition) is 5. The summed E-state index contributed by atoms with van der Waals surface area (Å²) in [5.41, 5.74) is 1.04. The first-order chi connectivity index (χ1) is 15.6. The molecule has 0 aliphatic heterocycles. The van der Waals surface area contributed by atoms with Gasteiger partial charge in [0, 0.05) is 18.3 Å². The normalized spacial score (nSPS) is 15.3. The number of unbranched alkanes of at least 4 members (excludes halogenated alkanes) is 2. The number of carbonyl (C=O) groups is 3. The van der Waals surface area contributed by atoms with E-state index < -0.39 is 23.8 Å². The smallest absolute Gasteiger partial charge is 0.408 e. The molecule has 1 saturated carbocycles. The van der Waals surface area contributed by atoms with E-state index in [-0.39, 0.29) is 23.6 Å². The Kier molecular flexibility index (Phi) is 10.1. The molecule has 1 aliphatic rings. The van der Waals surface area contributed by atoms with Crippen molar-refractivity contribution in [1.29, 1.82) is 0 Å². The molecule has 1 aromatic rings. The minimum atomic E-state index is -0.900. The van der Waals surface area contributed by atoms with Crippen molar-refractivity contribution in [1.82, 2.24) is 15.5 Å². The molecule has 33 heavy (non-hydrogen) atoms. The van der Waals surface area contributed by atoms with Gasteiger partial charge in [-0.25, -0.2) is 4.79 Å².